The maximum atomic E-state index is 12.8. The number of aryl methyl sites for hydroxylation is 1. The van der Waals surface area contributed by atoms with E-state index in [2.05, 4.69) is 17.2 Å². The van der Waals surface area contributed by atoms with E-state index >= 15 is 0 Å². The zero-order valence-corrected chi connectivity index (χ0v) is 18.8. The van der Waals surface area contributed by atoms with Gasteiger partial charge >= 0.3 is 0 Å². The maximum absolute atomic E-state index is 12.8. The van der Waals surface area contributed by atoms with Crippen molar-refractivity contribution in [2.75, 3.05) is 5.32 Å². The normalized spacial score (nSPS) is 19.8. The number of nitrogens with one attached hydrogen (secondary N) is 1. The van der Waals surface area contributed by atoms with Crippen LogP contribution in [0.15, 0.2) is 30.3 Å². The molecule has 0 aliphatic heterocycles. The highest BCUT2D eigenvalue weighted by atomic mass is 32.1. The van der Waals surface area contributed by atoms with E-state index in [1.54, 1.807) is 31.3 Å². The highest BCUT2D eigenvalue weighted by molar-refractivity contribution is 7.18. The van der Waals surface area contributed by atoms with Gasteiger partial charge in [0.15, 0.2) is 0 Å². The number of amides is 1. The minimum atomic E-state index is -1.11. The van der Waals surface area contributed by atoms with Crippen molar-refractivity contribution in [3.63, 3.8) is 0 Å². The molecule has 2 N–H and O–H groups in total. The van der Waals surface area contributed by atoms with Gasteiger partial charge in [0.05, 0.1) is 20.8 Å². The van der Waals surface area contributed by atoms with Crippen LogP contribution in [0.5, 0.6) is 0 Å². The average Bonchev–Trinajstić information content (AvgIpc) is 3.10. The third kappa shape index (κ3) is 4.40. The Morgan fingerprint density at radius 1 is 1.17 bits per heavy atom. The Hall–Kier alpha value is -2.31. The van der Waals surface area contributed by atoms with Crippen LogP contribution in [0.2, 0.25) is 0 Å². The Morgan fingerprint density at radius 2 is 1.90 bits per heavy atom. The average molecular weight is 424 g/mol. The van der Waals surface area contributed by atoms with Crippen molar-refractivity contribution < 1.29 is 9.90 Å². The lowest BCUT2D eigenvalue weighted by Crippen LogP contribution is -2.21. The fourth-order valence-corrected chi connectivity index (χ4v) is 5.30. The van der Waals surface area contributed by atoms with Crippen molar-refractivity contribution in [2.45, 2.75) is 64.9 Å². The van der Waals surface area contributed by atoms with Crippen molar-refractivity contribution in [2.24, 2.45) is 5.92 Å². The molecule has 5 nitrogen and oxygen atoms in total. The zero-order chi connectivity index (χ0) is 21.5. The van der Waals surface area contributed by atoms with Gasteiger partial charge < -0.3 is 10.4 Å². The fraction of sp³-hybridized carbons (Fsp3) is 0.458. The second-order valence-corrected chi connectivity index (χ2v) is 10.1. The molecule has 1 aliphatic rings. The van der Waals surface area contributed by atoms with Gasteiger partial charge in [0.25, 0.3) is 5.91 Å². The monoisotopic (exact) mass is 423 g/mol. The number of aromatic nitrogens is 2. The molecular formula is C24H29N3O2S. The lowest BCUT2D eigenvalue weighted by molar-refractivity contribution is 0.0794. The molecule has 1 saturated carbocycles. The van der Waals surface area contributed by atoms with Gasteiger partial charge in [0.2, 0.25) is 0 Å². The summed E-state index contributed by atoms with van der Waals surface area (Å²) in [6.07, 6.45) is 4.87. The Kier molecular flexibility index (Phi) is 5.64. The number of nitrogens with zero attached hydrogens (tertiary/aromatic N) is 2. The molecule has 0 bridgehead atoms. The Labute approximate surface area is 181 Å². The molecule has 2 aromatic heterocycles. The van der Waals surface area contributed by atoms with Crippen molar-refractivity contribution in [3.05, 3.63) is 52.3 Å². The topological polar surface area (TPSA) is 75.1 Å². The predicted molar refractivity (Wildman–Crippen MR) is 122 cm³/mol. The number of fused-ring (bicyclic) bond motifs is 1. The van der Waals surface area contributed by atoms with Crippen LogP contribution in [0.4, 0.5) is 5.69 Å². The van der Waals surface area contributed by atoms with Gasteiger partial charge in [-0.15, -0.1) is 11.3 Å². The number of thiazole rings is 1. The standard InChI is InChI=1S/C24H29N3O2S/c1-14-8-10-16(11-9-14)23-27-20-12-17(24(3,4)29)19(13-21(20)30-23)26-22(28)18-7-5-6-15(2)25-18/h5-7,12-14,16,29H,8-11H2,1-4H3,(H,26,28). The van der Waals surface area contributed by atoms with Gasteiger partial charge in [-0.1, -0.05) is 25.8 Å². The van der Waals surface area contributed by atoms with Crippen molar-refractivity contribution in [3.8, 4) is 0 Å². The van der Waals surface area contributed by atoms with E-state index in [0.717, 1.165) is 21.8 Å². The number of anilines is 1. The van der Waals surface area contributed by atoms with E-state index in [0.29, 0.717) is 22.9 Å². The van der Waals surface area contributed by atoms with Gasteiger partial charge in [-0.2, -0.15) is 0 Å². The highest BCUT2D eigenvalue weighted by Crippen LogP contribution is 2.41. The molecule has 30 heavy (non-hydrogen) atoms. The van der Waals surface area contributed by atoms with Crippen LogP contribution in [0.1, 0.15) is 79.1 Å². The van der Waals surface area contributed by atoms with Crippen LogP contribution in [0.3, 0.4) is 0 Å². The van der Waals surface area contributed by atoms with Gasteiger partial charge in [-0.25, -0.2) is 9.97 Å². The zero-order valence-electron chi connectivity index (χ0n) is 18.0. The summed E-state index contributed by atoms with van der Waals surface area (Å²) in [4.78, 5) is 22.0. The quantitative estimate of drug-likeness (QED) is 0.558. The van der Waals surface area contributed by atoms with Gasteiger partial charge in [0.1, 0.15) is 5.69 Å². The second-order valence-electron chi connectivity index (χ2n) is 9.05. The van der Waals surface area contributed by atoms with Crippen LogP contribution < -0.4 is 5.32 Å². The Morgan fingerprint density at radius 3 is 2.57 bits per heavy atom. The van der Waals surface area contributed by atoms with Gasteiger partial charge in [-0.3, -0.25) is 4.79 Å². The van der Waals surface area contributed by atoms with Crippen LogP contribution >= 0.6 is 11.3 Å². The summed E-state index contributed by atoms with van der Waals surface area (Å²) in [5.41, 5.74) is 2.19. The van der Waals surface area contributed by atoms with E-state index in [-0.39, 0.29) is 5.91 Å². The summed E-state index contributed by atoms with van der Waals surface area (Å²) >= 11 is 1.70. The molecule has 0 saturated heterocycles. The molecule has 0 unspecified atom stereocenters. The first kappa shape index (κ1) is 20.9. The van der Waals surface area contributed by atoms with E-state index in [1.165, 1.54) is 30.7 Å². The third-order valence-electron chi connectivity index (χ3n) is 5.94. The number of rotatable bonds is 4. The molecule has 0 atom stereocenters. The van der Waals surface area contributed by atoms with Crippen LogP contribution in [-0.4, -0.2) is 21.0 Å². The van der Waals surface area contributed by atoms with Crippen molar-refractivity contribution in [1.82, 2.24) is 9.97 Å². The first-order valence-electron chi connectivity index (χ1n) is 10.6. The molecular weight excluding hydrogens is 394 g/mol. The fourth-order valence-electron chi connectivity index (χ4n) is 4.14. The molecule has 6 heteroatoms. The molecule has 4 rings (SSSR count). The molecule has 0 spiro atoms. The minimum Gasteiger partial charge on any atom is -0.386 e. The number of pyridine rings is 1. The van der Waals surface area contributed by atoms with Crippen LogP contribution in [0.25, 0.3) is 10.2 Å². The number of carbonyl (C=O) groups is 1. The summed E-state index contributed by atoms with van der Waals surface area (Å²) in [5, 5.41) is 14.9. The molecule has 3 aromatic rings. The van der Waals surface area contributed by atoms with Crippen LogP contribution in [0, 0.1) is 12.8 Å². The number of hydrogen-bond donors (Lipinski definition) is 2. The van der Waals surface area contributed by atoms with Crippen LogP contribution in [-0.2, 0) is 5.60 Å². The summed E-state index contributed by atoms with van der Waals surface area (Å²) in [5.74, 6) is 1.03. The largest absolute Gasteiger partial charge is 0.386 e. The van der Waals surface area contributed by atoms with Crippen molar-refractivity contribution >= 4 is 33.1 Å². The van der Waals surface area contributed by atoms with Gasteiger partial charge in [0, 0.05) is 22.9 Å². The van der Waals surface area contributed by atoms with E-state index in [9.17, 15) is 9.90 Å². The number of hydrogen-bond acceptors (Lipinski definition) is 5. The predicted octanol–water partition coefficient (Wildman–Crippen LogP) is 5.77. The molecule has 1 aromatic carbocycles. The first-order valence-corrected chi connectivity index (χ1v) is 11.4. The maximum Gasteiger partial charge on any atom is 0.274 e. The summed E-state index contributed by atoms with van der Waals surface area (Å²) in [6.45, 7) is 7.63. The van der Waals surface area contributed by atoms with E-state index in [1.807, 2.05) is 31.2 Å². The molecule has 1 fully saturated rings. The molecule has 1 aliphatic carbocycles. The minimum absolute atomic E-state index is 0.283. The third-order valence-corrected chi connectivity index (χ3v) is 7.12. The number of benzene rings is 1. The van der Waals surface area contributed by atoms with E-state index in [4.69, 9.17) is 4.98 Å². The number of carbonyl (C=O) groups excluding carboxylic acids is 1. The summed E-state index contributed by atoms with van der Waals surface area (Å²) in [7, 11) is 0. The molecule has 2 heterocycles. The first-order chi connectivity index (χ1) is 14.2. The Bertz CT molecular complexity index is 1080. The summed E-state index contributed by atoms with van der Waals surface area (Å²) in [6, 6.07) is 9.23. The second kappa shape index (κ2) is 8.08. The smallest absolute Gasteiger partial charge is 0.274 e. The SMILES string of the molecule is Cc1cccc(C(=O)Nc2cc3sc(C4CCC(C)CC4)nc3cc2C(C)(C)O)n1. The molecule has 158 valence electrons. The lowest BCUT2D eigenvalue weighted by atomic mass is 9.83. The summed E-state index contributed by atoms with van der Waals surface area (Å²) < 4.78 is 1.03. The molecule has 1 amide bonds. The van der Waals surface area contributed by atoms with Gasteiger partial charge in [-0.05, 0) is 63.8 Å². The van der Waals surface area contributed by atoms with Crippen molar-refractivity contribution in [1.29, 1.82) is 0 Å². The number of aliphatic hydroxyl groups is 1. The highest BCUT2D eigenvalue weighted by Gasteiger charge is 2.26. The Balaban J connectivity index is 1.69. The van der Waals surface area contributed by atoms with E-state index < -0.39 is 5.60 Å². The lowest BCUT2D eigenvalue weighted by Gasteiger charge is -2.24. The molecule has 0 radical (unpaired) electrons.